The van der Waals surface area contributed by atoms with Gasteiger partial charge in [-0.2, -0.15) is 5.26 Å². The molecule has 0 saturated carbocycles. The summed E-state index contributed by atoms with van der Waals surface area (Å²) in [5.74, 6) is 0.172. The van der Waals surface area contributed by atoms with Gasteiger partial charge in [0.15, 0.2) is 6.19 Å². The monoisotopic (exact) mass is 317 g/mol. The van der Waals surface area contributed by atoms with E-state index in [1.54, 1.807) is 4.90 Å². The van der Waals surface area contributed by atoms with E-state index in [1.165, 1.54) is 0 Å². The van der Waals surface area contributed by atoms with Gasteiger partial charge in [0.2, 0.25) is 5.91 Å². The molecule has 1 atom stereocenters. The zero-order chi connectivity index (χ0) is 16.6. The Hall–Kier alpha value is -2.80. The van der Waals surface area contributed by atoms with Crippen molar-refractivity contribution in [1.82, 2.24) is 4.90 Å². The van der Waals surface area contributed by atoms with Crippen molar-refractivity contribution in [1.29, 1.82) is 5.26 Å². The minimum atomic E-state index is -0.363. The van der Waals surface area contributed by atoms with Crippen molar-refractivity contribution in [3.05, 3.63) is 54.6 Å². The molecule has 0 aromatic heterocycles. The van der Waals surface area contributed by atoms with E-state index in [0.29, 0.717) is 13.1 Å². The van der Waals surface area contributed by atoms with E-state index < -0.39 is 0 Å². The standard InChI is InChI=1S/C20H19N3O/c21-15-22-11-9-20(14-22)10-12-23(19(20)24)18-8-4-7-17(13-18)16-5-2-1-3-6-16/h1-8,13H,9-12,14H2. The first-order chi connectivity index (χ1) is 11.7. The SMILES string of the molecule is N#CN1CCC2(CCN(c3cccc(-c4ccccc4)c3)C2=O)C1. The molecular formula is C20H19N3O. The third-order valence-corrected chi connectivity index (χ3v) is 5.27. The summed E-state index contributed by atoms with van der Waals surface area (Å²) < 4.78 is 0. The van der Waals surface area contributed by atoms with Gasteiger partial charge in [-0.15, -0.1) is 0 Å². The van der Waals surface area contributed by atoms with Gasteiger partial charge >= 0.3 is 0 Å². The third-order valence-electron chi connectivity index (χ3n) is 5.27. The van der Waals surface area contributed by atoms with Crippen molar-refractivity contribution >= 4 is 11.6 Å². The molecule has 1 unspecified atom stereocenters. The first kappa shape index (κ1) is 14.8. The van der Waals surface area contributed by atoms with E-state index in [0.717, 1.165) is 36.2 Å². The van der Waals surface area contributed by atoms with E-state index in [1.807, 2.05) is 35.2 Å². The summed E-state index contributed by atoms with van der Waals surface area (Å²) in [4.78, 5) is 16.6. The van der Waals surface area contributed by atoms with Gasteiger partial charge < -0.3 is 9.80 Å². The largest absolute Gasteiger partial charge is 0.312 e. The highest BCUT2D eigenvalue weighted by molar-refractivity contribution is 6.00. The predicted octanol–water partition coefficient (Wildman–Crippen LogP) is 3.26. The Labute approximate surface area is 141 Å². The lowest BCUT2D eigenvalue weighted by Gasteiger charge is -2.22. The Morgan fingerprint density at radius 3 is 2.46 bits per heavy atom. The number of carbonyl (C=O) groups excluding carboxylic acids is 1. The molecule has 0 aliphatic carbocycles. The lowest BCUT2D eigenvalue weighted by atomic mass is 9.85. The molecule has 2 aliphatic rings. The quantitative estimate of drug-likeness (QED) is 0.799. The molecule has 1 amide bonds. The molecule has 0 radical (unpaired) electrons. The van der Waals surface area contributed by atoms with Crippen LogP contribution in [0.25, 0.3) is 11.1 Å². The van der Waals surface area contributed by atoms with Crippen LogP contribution in [0.2, 0.25) is 0 Å². The molecule has 0 bridgehead atoms. The molecule has 1 spiro atoms. The van der Waals surface area contributed by atoms with Crippen molar-refractivity contribution in [2.45, 2.75) is 12.8 Å². The molecule has 2 saturated heterocycles. The van der Waals surface area contributed by atoms with Gasteiger partial charge in [-0.1, -0.05) is 42.5 Å². The maximum atomic E-state index is 13.0. The number of hydrogen-bond acceptors (Lipinski definition) is 3. The minimum absolute atomic E-state index is 0.172. The first-order valence-electron chi connectivity index (χ1n) is 8.34. The van der Waals surface area contributed by atoms with Crippen LogP contribution in [0.5, 0.6) is 0 Å². The fraction of sp³-hybridized carbons (Fsp3) is 0.300. The first-order valence-corrected chi connectivity index (χ1v) is 8.34. The molecule has 0 N–H and O–H groups in total. The molecule has 2 heterocycles. The highest BCUT2D eigenvalue weighted by Gasteiger charge is 2.51. The van der Waals surface area contributed by atoms with Crippen LogP contribution in [-0.2, 0) is 4.79 Å². The third kappa shape index (κ3) is 2.33. The summed E-state index contributed by atoms with van der Waals surface area (Å²) in [5.41, 5.74) is 2.86. The predicted molar refractivity (Wildman–Crippen MR) is 93.1 cm³/mol. The number of anilines is 1. The van der Waals surface area contributed by atoms with Crippen LogP contribution in [0, 0.1) is 16.9 Å². The van der Waals surface area contributed by atoms with Crippen LogP contribution < -0.4 is 4.90 Å². The number of amides is 1. The van der Waals surface area contributed by atoms with Crippen LogP contribution in [0.15, 0.2) is 54.6 Å². The van der Waals surface area contributed by atoms with Crippen molar-refractivity contribution < 1.29 is 4.79 Å². The number of hydrogen-bond donors (Lipinski definition) is 0. The molecule has 4 nitrogen and oxygen atoms in total. The van der Waals surface area contributed by atoms with E-state index in [4.69, 9.17) is 5.26 Å². The molecular weight excluding hydrogens is 298 g/mol. The molecule has 2 aromatic rings. The second-order valence-electron chi connectivity index (χ2n) is 6.68. The summed E-state index contributed by atoms with van der Waals surface area (Å²) in [7, 11) is 0. The molecule has 120 valence electrons. The zero-order valence-electron chi connectivity index (χ0n) is 13.5. The van der Waals surface area contributed by atoms with Crippen molar-refractivity contribution in [2.24, 2.45) is 5.41 Å². The van der Waals surface area contributed by atoms with Gasteiger partial charge in [0.05, 0.1) is 5.41 Å². The summed E-state index contributed by atoms with van der Waals surface area (Å²) in [6, 6.07) is 18.4. The molecule has 2 aliphatic heterocycles. The van der Waals surface area contributed by atoms with Gasteiger partial charge in [0, 0.05) is 25.3 Å². The number of nitriles is 1. The zero-order valence-corrected chi connectivity index (χ0v) is 13.5. The summed E-state index contributed by atoms with van der Waals surface area (Å²) >= 11 is 0. The van der Waals surface area contributed by atoms with Gasteiger partial charge in [-0.3, -0.25) is 4.79 Å². The fourth-order valence-electron chi connectivity index (χ4n) is 3.89. The summed E-state index contributed by atoms with van der Waals surface area (Å²) in [5, 5.41) is 9.09. The number of rotatable bonds is 2. The topological polar surface area (TPSA) is 47.3 Å². The van der Waals surface area contributed by atoms with Crippen molar-refractivity contribution in [2.75, 3.05) is 24.5 Å². The highest BCUT2D eigenvalue weighted by Crippen LogP contribution is 2.42. The van der Waals surface area contributed by atoms with E-state index in [9.17, 15) is 4.79 Å². The second-order valence-corrected chi connectivity index (χ2v) is 6.68. The van der Waals surface area contributed by atoms with Crippen molar-refractivity contribution in [3.8, 4) is 17.3 Å². The number of benzene rings is 2. The number of carbonyl (C=O) groups is 1. The second kappa shape index (κ2) is 5.68. The smallest absolute Gasteiger partial charge is 0.235 e. The Balaban J connectivity index is 1.62. The van der Waals surface area contributed by atoms with Crippen LogP contribution >= 0.6 is 0 Å². The Kier molecular flexibility index (Phi) is 3.50. The lowest BCUT2D eigenvalue weighted by molar-refractivity contribution is -0.124. The van der Waals surface area contributed by atoms with Gasteiger partial charge in [0.25, 0.3) is 0 Å². The summed E-state index contributed by atoms with van der Waals surface area (Å²) in [6.45, 7) is 1.99. The average molecular weight is 317 g/mol. The Morgan fingerprint density at radius 2 is 1.71 bits per heavy atom. The molecule has 24 heavy (non-hydrogen) atoms. The maximum absolute atomic E-state index is 13.0. The average Bonchev–Trinajstić information content (AvgIpc) is 3.21. The molecule has 2 fully saturated rings. The lowest BCUT2D eigenvalue weighted by Crippen LogP contribution is -2.36. The van der Waals surface area contributed by atoms with E-state index in [-0.39, 0.29) is 11.3 Å². The molecule has 4 rings (SSSR count). The summed E-state index contributed by atoms with van der Waals surface area (Å²) in [6.07, 6.45) is 3.80. The minimum Gasteiger partial charge on any atom is -0.312 e. The van der Waals surface area contributed by atoms with Crippen LogP contribution in [0.3, 0.4) is 0 Å². The highest BCUT2D eigenvalue weighted by atomic mass is 16.2. The Bertz CT molecular complexity index is 811. The van der Waals surface area contributed by atoms with E-state index in [2.05, 4.69) is 30.5 Å². The number of likely N-dealkylation sites (tertiary alicyclic amines) is 1. The van der Waals surface area contributed by atoms with Crippen LogP contribution in [0.1, 0.15) is 12.8 Å². The normalized spacial score (nSPS) is 23.0. The number of nitrogens with zero attached hydrogens (tertiary/aromatic N) is 3. The fourth-order valence-corrected chi connectivity index (χ4v) is 3.89. The Morgan fingerprint density at radius 1 is 0.958 bits per heavy atom. The maximum Gasteiger partial charge on any atom is 0.235 e. The van der Waals surface area contributed by atoms with Gasteiger partial charge in [-0.25, -0.2) is 0 Å². The van der Waals surface area contributed by atoms with Crippen LogP contribution in [0.4, 0.5) is 5.69 Å². The van der Waals surface area contributed by atoms with Gasteiger partial charge in [-0.05, 0) is 36.1 Å². The van der Waals surface area contributed by atoms with Crippen LogP contribution in [-0.4, -0.2) is 30.4 Å². The van der Waals surface area contributed by atoms with E-state index >= 15 is 0 Å². The van der Waals surface area contributed by atoms with Crippen molar-refractivity contribution in [3.63, 3.8) is 0 Å². The molecule has 2 aromatic carbocycles. The molecule has 4 heteroatoms. The van der Waals surface area contributed by atoms with Gasteiger partial charge in [0.1, 0.15) is 0 Å².